The predicted molar refractivity (Wildman–Crippen MR) is 101 cm³/mol. The Morgan fingerprint density at radius 1 is 1.33 bits per heavy atom. The third-order valence-corrected chi connectivity index (χ3v) is 4.60. The first-order valence-electron chi connectivity index (χ1n) is 9.01. The molecule has 2 heterocycles. The van der Waals surface area contributed by atoms with Crippen LogP contribution in [0.4, 0.5) is 20.6 Å². The molecule has 1 aromatic carbocycles. The number of carbonyl (C=O) groups excluding carboxylic acids is 2. The molecule has 1 atom stereocenters. The minimum atomic E-state index is -0.521. The lowest BCUT2D eigenvalue weighted by molar-refractivity contribution is -0.115. The molecule has 1 aromatic rings. The highest BCUT2D eigenvalue weighted by Crippen LogP contribution is 2.29. The number of cyclic esters (lactones) is 1. The Morgan fingerprint density at radius 2 is 2.11 bits per heavy atom. The second-order valence-electron chi connectivity index (χ2n) is 6.45. The number of benzene rings is 1. The molecule has 3 rings (SSSR count). The number of ketones is 1. The van der Waals surface area contributed by atoms with Crippen LogP contribution in [0.2, 0.25) is 0 Å². The molecule has 6 nitrogen and oxygen atoms in total. The molecule has 1 amide bonds. The lowest BCUT2D eigenvalue weighted by atomic mass is 10.1. The fourth-order valence-electron chi connectivity index (χ4n) is 3.17. The van der Waals surface area contributed by atoms with Crippen molar-refractivity contribution in [3.63, 3.8) is 0 Å². The van der Waals surface area contributed by atoms with Gasteiger partial charge in [-0.1, -0.05) is 18.7 Å². The van der Waals surface area contributed by atoms with E-state index in [2.05, 4.69) is 6.58 Å². The molecular weight excluding hydrogens is 351 g/mol. The molecule has 0 unspecified atom stereocenters. The van der Waals surface area contributed by atoms with Gasteiger partial charge in [-0.3, -0.25) is 9.69 Å². The molecule has 0 spiro atoms. The number of allylic oxidation sites excluding steroid dienone is 3. The van der Waals surface area contributed by atoms with Crippen molar-refractivity contribution in [3.05, 3.63) is 48.8 Å². The summed E-state index contributed by atoms with van der Waals surface area (Å²) in [6.45, 7) is 6.23. The van der Waals surface area contributed by atoms with Crippen molar-refractivity contribution >= 4 is 23.3 Å². The van der Waals surface area contributed by atoms with Crippen molar-refractivity contribution in [2.24, 2.45) is 0 Å². The summed E-state index contributed by atoms with van der Waals surface area (Å²) in [7, 11) is 0. The van der Waals surface area contributed by atoms with Gasteiger partial charge in [-0.25, -0.2) is 9.18 Å². The van der Waals surface area contributed by atoms with E-state index in [1.54, 1.807) is 18.2 Å². The monoisotopic (exact) mass is 374 g/mol. The number of anilines is 2. The van der Waals surface area contributed by atoms with Crippen LogP contribution in [-0.2, 0) is 14.3 Å². The zero-order valence-corrected chi connectivity index (χ0v) is 15.1. The minimum absolute atomic E-state index is 0.0506. The van der Waals surface area contributed by atoms with Gasteiger partial charge in [0.1, 0.15) is 11.9 Å². The van der Waals surface area contributed by atoms with Crippen molar-refractivity contribution in [1.29, 1.82) is 0 Å². The summed E-state index contributed by atoms with van der Waals surface area (Å²) >= 11 is 0. The summed E-state index contributed by atoms with van der Waals surface area (Å²) in [6, 6.07) is 4.75. The summed E-state index contributed by atoms with van der Waals surface area (Å²) in [5.41, 5.74) is 0.959. The molecule has 2 saturated heterocycles. The summed E-state index contributed by atoms with van der Waals surface area (Å²) in [4.78, 5) is 27.1. The largest absolute Gasteiger partial charge is 0.444 e. The molecule has 0 bridgehead atoms. The van der Waals surface area contributed by atoms with Gasteiger partial charge < -0.3 is 14.4 Å². The Morgan fingerprint density at radius 3 is 2.81 bits per heavy atom. The number of nitrogens with zero attached hydrogens (tertiary/aromatic N) is 2. The fraction of sp³-hybridized carbons (Fsp3) is 0.400. The van der Waals surface area contributed by atoms with Gasteiger partial charge in [-0.15, -0.1) is 0 Å². The molecular formula is C20H23FN2O4. The Hall–Kier alpha value is -2.67. The number of carbonyl (C=O) groups is 2. The Balaban J connectivity index is 1.61. The highest BCUT2D eigenvalue weighted by atomic mass is 19.1. The van der Waals surface area contributed by atoms with Crippen LogP contribution >= 0.6 is 0 Å². The quantitative estimate of drug-likeness (QED) is 0.542. The van der Waals surface area contributed by atoms with E-state index in [9.17, 15) is 14.0 Å². The summed E-state index contributed by atoms with van der Waals surface area (Å²) in [5.74, 6) is -0.430. The molecule has 2 aliphatic rings. The molecule has 27 heavy (non-hydrogen) atoms. The second-order valence-corrected chi connectivity index (χ2v) is 6.45. The lowest BCUT2D eigenvalue weighted by Crippen LogP contribution is -2.36. The number of morpholine rings is 1. The molecule has 0 aliphatic carbocycles. The average molecular weight is 374 g/mol. The summed E-state index contributed by atoms with van der Waals surface area (Å²) < 4.78 is 25.2. The molecule has 144 valence electrons. The van der Waals surface area contributed by atoms with E-state index in [4.69, 9.17) is 9.47 Å². The van der Waals surface area contributed by atoms with Gasteiger partial charge in [0.2, 0.25) is 0 Å². The van der Waals surface area contributed by atoms with Crippen LogP contribution in [0.5, 0.6) is 0 Å². The van der Waals surface area contributed by atoms with Crippen LogP contribution in [-0.4, -0.2) is 50.8 Å². The van der Waals surface area contributed by atoms with Gasteiger partial charge in [0, 0.05) is 19.5 Å². The summed E-state index contributed by atoms with van der Waals surface area (Å²) in [6.07, 6.45) is 4.35. The maximum atomic E-state index is 14.6. The first-order valence-corrected chi connectivity index (χ1v) is 9.01. The number of hydrogen-bond acceptors (Lipinski definition) is 5. The average Bonchev–Trinajstić information content (AvgIpc) is 3.06. The summed E-state index contributed by atoms with van der Waals surface area (Å²) in [5, 5.41) is 0. The molecule has 2 fully saturated rings. The fourth-order valence-corrected chi connectivity index (χ4v) is 3.17. The van der Waals surface area contributed by atoms with Gasteiger partial charge >= 0.3 is 6.09 Å². The minimum Gasteiger partial charge on any atom is -0.444 e. The van der Waals surface area contributed by atoms with Crippen LogP contribution in [0, 0.1) is 5.82 Å². The molecule has 2 aliphatic heterocycles. The van der Waals surface area contributed by atoms with Crippen molar-refractivity contribution in [2.45, 2.75) is 18.9 Å². The smallest absolute Gasteiger partial charge is 0.414 e. The highest BCUT2D eigenvalue weighted by molar-refractivity contribution is 5.91. The number of hydrogen-bond donors (Lipinski definition) is 0. The van der Waals surface area contributed by atoms with Crippen LogP contribution in [0.15, 0.2) is 43.0 Å². The molecule has 0 N–H and O–H groups in total. The van der Waals surface area contributed by atoms with Crippen LogP contribution in [0.3, 0.4) is 0 Å². The normalized spacial score (nSPS) is 20.2. The van der Waals surface area contributed by atoms with E-state index in [1.165, 1.54) is 23.1 Å². The first-order chi connectivity index (χ1) is 13.1. The standard InChI is InChI=1S/C20H23FN2O4/c1-2-3-4-16(24)6-7-17-14-23(20(25)27-17)15-5-8-19(18(21)13-15)22-9-11-26-12-10-22/h2-5,8,13,17H,1,6-7,9-12,14H2/b4-3+/t17-/m0/s1. The van der Waals surface area contributed by atoms with Crippen LogP contribution in [0.25, 0.3) is 0 Å². The molecule has 0 radical (unpaired) electrons. The third kappa shape index (κ3) is 4.74. The van der Waals surface area contributed by atoms with Gasteiger partial charge in [0.05, 0.1) is 31.1 Å². The van der Waals surface area contributed by atoms with Gasteiger partial charge in [-0.2, -0.15) is 0 Å². The Kier molecular flexibility index (Phi) is 6.24. The van der Waals surface area contributed by atoms with E-state index in [1.807, 2.05) is 4.90 Å². The van der Waals surface area contributed by atoms with E-state index in [0.29, 0.717) is 50.6 Å². The molecule has 7 heteroatoms. The number of ether oxygens (including phenoxy) is 2. The highest BCUT2D eigenvalue weighted by Gasteiger charge is 2.32. The van der Waals surface area contributed by atoms with E-state index >= 15 is 0 Å². The lowest BCUT2D eigenvalue weighted by Gasteiger charge is -2.29. The number of amides is 1. The van der Waals surface area contributed by atoms with Crippen molar-refractivity contribution < 1.29 is 23.5 Å². The maximum Gasteiger partial charge on any atom is 0.414 e. The SMILES string of the molecule is C=C/C=C/C(=O)CC[C@H]1CN(c2ccc(N3CCOCC3)c(F)c2)C(=O)O1. The number of rotatable bonds is 7. The topological polar surface area (TPSA) is 59.1 Å². The van der Waals surface area contributed by atoms with Crippen LogP contribution < -0.4 is 9.80 Å². The van der Waals surface area contributed by atoms with Gasteiger partial charge in [0.15, 0.2) is 5.78 Å². The van der Waals surface area contributed by atoms with Crippen molar-refractivity contribution in [3.8, 4) is 0 Å². The van der Waals surface area contributed by atoms with Crippen molar-refractivity contribution in [2.75, 3.05) is 42.6 Å². The zero-order chi connectivity index (χ0) is 19.2. The Bertz CT molecular complexity index is 743. The van der Waals surface area contributed by atoms with Gasteiger partial charge in [-0.05, 0) is 30.7 Å². The number of halogens is 1. The van der Waals surface area contributed by atoms with E-state index < -0.39 is 6.09 Å². The van der Waals surface area contributed by atoms with Gasteiger partial charge in [0.25, 0.3) is 0 Å². The zero-order valence-electron chi connectivity index (χ0n) is 15.1. The maximum absolute atomic E-state index is 14.6. The first kappa shape index (κ1) is 19.1. The molecule has 0 saturated carbocycles. The van der Waals surface area contributed by atoms with E-state index in [-0.39, 0.29) is 24.1 Å². The Labute approximate surface area is 157 Å². The third-order valence-electron chi connectivity index (χ3n) is 4.60. The molecule has 0 aromatic heterocycles. The predicted octanol–water partition coefficient (Wildman–Crippen LogP) is 3.08. The van der Waals surface area contributed by atoms with Crippen LogP contribution in [0.1, 0.15) is 12.8 Å². The van der Waals surface area contributed by atoms with Crippen molar-refractivity contribution in [1.82, 2.24) is 0 Å². The van der Waals surface area contributed by atoms with E-state index in [0.717, 1.165) is 0 Å². The second kappa shape index (κ2) is 8.81.